The van der Waals surface area contributed by atoms with Gasteiger partial charge in [0, 0.05) is 88.0 Å². The van der Waals surface area contributed by atoms with Crippen molar-refractivity contribution in [3.8, 4) is 44.8 Å². The van der Waals surface area contributed by atoms with Gasteiger partial charge in [-0.2, -0.15) is 8.61 Å². The zero-order valence-corrected chi connectivity index (χ0v) is 56.1. The largest absolute Gasteiger partial charge is 1.00 e. The van der Waals surface area contributed by atoms with Crippen LogP contribution in [-0.4, -0.2) is 100 Å². The van der Waals surface area contributed by atoms with Crippen LogP contribution in [0.25, 0.3) is 44.8 Å². The average Bonchev–Trinajstić information content (AvgIpc) is 1.62. The van der Waals surface area contributed by atoms with E-state index in [0.717, 1.165) is 27.8 Å². The van der Waals surface area contributed by atoms with Crippen LogP contribution >= 0.6 is 0 Å². The first-order chi connectivity index (χ1) is 42.2. The third kappa shape index (κ3) is 17.1. The maximum atomic E-state index is 14.7. The average molecular weight is 1280 g/mol. The molecule has 0 amide bonds. The number of carbonyl (C=O) groups is 2. The number of aliphatic hydroxyl groups is 3. The molecular weight excluding hydrogens is 1200 g/mol. The van der Waals surface area contributed by atoms with E-state index >= 15 is 0 Å². The molecule has 0 aliphatic carbocycles. The Labute approximate surface area is 550 Å². The van der Waals surface area contributed by atoms with Crippen LogP contribution in [0.3, 0.4) is 0 Å². The first-order valence-corrected chi connectivity index (χ1v) is 32.8. The molecule has 1 saturated heterocycles. The number of carboxylic acids is 1. The maximum absolute atomic E-state index is 14.7. The van der Waals surface area contributed by atoms with E-state index in [1.54, 1.807) is 38.4 Å². The summed E-state index contributed by atoms with van der Waals surface area (Å²) in [6, 6.07) is 45.9. The quantitative estimate of drug-likeness (QED) is 0.0385. The van der Waals surface area contributed by atoms with Crippen molar-refractivity contribution in [1.29, 1.82) is 0 Å². The van der Waals surface area contributed by atoms with E-state index in [0.29, 0.717) is 70.0 Å². The number of rotatable bonds is 24. The third-order valence-corrected chi connectivity index (χ3v) is 19.7. The summed E-state index contributed by atoms with van der Waals surface area (Å²) in [4.78, 5) is 23.4. The Kier molecular flexibility index (Phi) is 24.5. The van der Waals surface area contributed by atoms with Gasteiger partial charge < -0.3 is 39.1 Å². The van der Waals surface area contributed by atoms with Crippen molar-refractivity contribution < 1.29 is 89.9 Å². The maximum Gasteiger partial charge on any atom is 1.00 e. The van der Waals surface area contributed by atoms with Gasteiger partial charge in [0.05, 0.1) is 36.1 Å². The molecule has 20 heteroatoms. The molecule has 15 nitrogen and oxygen atoms in total. The van der Waals surface area contributed by atoms with E-state index in [9.17, 15) is 55.6 Å². The van der Waals surface area contributed by atoms with Crippen LogP contribution in [0, 0.1) is 25.5 Å². The third-order valence-electron chi connectivity index (χ3n) is 15.9. The standard InChI is InChI=1S/C35H41FN2O6S.C35H39FN2O5S.Na/c1-23(2)33-35(45(43,44)37(4)22-25-8-6-5-7-9-25)32(26-12-10-24(3)11-13-26)34(27-14-16-28(36)17-15-27)38(33)19-18-29(39)20-30(40)21-31(41)42;1-23(2)33-35(44(41,42)37(4)22-25-8-6-5-7-9-25)32(26-12-10-24(3)11-13-26)34(27-14-16-28(36)17-15-27)38(33)19-18-30-20-29(39)21-31(40)43-30;/h5-17,23,29-30,39-40H,18-22H2,1-4H3,(H,41,42);5-17,23,29-30,39H,18-22H2,1-4H3;/q;;+1/p-1/t2*29-,30-;/m11./s1. The van der Waals surface area contributed by atoms with Crippen molar-refractivity contribution in [1.82, 2.24) is 17.7 Å². The first-order valence-electron chi connectivity index (χ1n) is 29.9. The number of aromatic nitrogens is 2. The molecule has 0 saturated carbocycles. The molecule has 0 spiro atoms. The monoisotopic (exact) mass is 1280 g/mol. The second kappa shape index (κ2) is 31.1. The van der Waals surface area contributed by atoms with Crippen molar-refractivity contribution >= 4 is 32.0 Å². The van der Waals surface area contributed by atoms with Crippen LogP contribution in [0.2, 0.25) is 0 Å². The molecule has 3 heterocycles. The number of sulfonamides is 2. The summed E-state index contributed by atoms with van der Waals surface area (Å²) in [5, 5.41) is 42.0. The molecule has 1 aliphatic heterocycles. The second-order valence-corrected chi connectivity index (χ2v) is 27.6. The molecule has 1 fully saturated rings. The molecule has 0 radical (unpaired) electrons. The molecular formula is C70H79F2N4NaO11S2. The second-order valence-electron chi connectivity index (χ2n) is 23.6. The van der Waals surface area contributed by atoms with E-state index in [1.165, 1.54) is 32.9 Å². The van der Waals surface area contributed by atoms with Crippen molar-refractivity contribution in [2.24, 2.45) is 0 Å². The topological polar surface area (TPSA) is 212 Å². The Hall–Kier alpha value is -6.62. The fraction of sp³-hybridized carbons (Fsp3) is 0.343. The van der Waals surface area contributed by atoms with Gasteiger partial charge in [0.2, 0.25) is 20.0 Å². The number of carbonyl (C=O) groups excluding carboxylic acids is 2. The minimum absolute atomic E-state index is 0. The number of aliphatic carboxylic acids is 1. The fourth-order valence-corrected chi connectivity index (χ4v) is 15.0. The Morgan fingerprint density at radius 2 is 1.00 bits per heavy atom. The van der Waals surface area contributed by atoms with Crippen LogP contribution in [-0.2, 0) is 60.6 Å². The summed E-state index contributed by atoms with van der Waals surface area (Å²) >= 11 is 0. The molecule has 90 heavy (non-hydrogen) atoms. The van der Waals surface area contributed by atoms with Gasteiger partial charge in [-0.3, -0.25) is 4.79 Å². The van der Waals surface area contributed by atoms with Crippen molar-refractivity contribution in [2.75, 3.05) is 14.1 Å². The normalized spacial score (nSPS) is 15.1. The summed E-state index contributed by atoms with van der Waals surface area (Å²) < 4.78 is 99.2. The number of hydrogen-bond donors (Lipinski definition) is 3. The van der Waals surface area contributed by atoms with Crippen LogP contribution in [0.15, 0.2) is 168 Å². The van der Waals surface area contributed by atoms with Gasteiger partial charge in [0.15, 0.2) is 0 Å². The molecule has 1 aliphatic rings. The number of aliphatic hydroxyl groups excluding tert-OH is 3. The van der Waals surface area contributed by atoms with Gasteiger partial charge in [0.25, 0.3) is 0 Å². The Bertz CT molecular complexity index is 3940. The van der Waals surface area contributed by atoms with Crippen molar-refractivity contribution in [3.05, 3.63) is 203 Å². The number of aryl methyl sites for hydroxylation is 2. The summed E-state index contributed by atoms with van der Waals surface area (Å²) in [5.74, 6) is -3.22. The molecule has 3 N–H and O–H groups in total. The summed E-state index contributed by atoms with van der Waals surface area (Å²) in [7, 11) is -5.06. The van der Waals surface area contributed by atoms with Gasteiger partial charge in [-0.15, -0.1) is 0 Å². The number of cyclic esters (lactones) is 1. The van der Waals surface area contributed by atoms with Gasteiger partial charge >= 0.3 is 35.5 Å². The number of hydrogen-bond acceptors (Lipinski definition) is 11. The van der Waals surface area contributed by atoms with Crippen molar-refractivity contribution in [2.45, 2.75) is 152 Å². The van der Waals surface area contributed by atoms with Gasteiger partial charge in [-0.1, -0.05) is 148 Å². The number of ether oxygens (including phenoxy) is 1. The number of carboxylic acid groups (broad SMARTS) is 1. The Balaban J connectivity index is 0.000000253. The SMILES string of the molecule is Cc1ccc(-c2c(S(=O)(=O)N(C)Cc3ccccc3)c(C(C)C)n(CC[C@@H](O)C[C@@H](O)CC(=O)[O-])c2-c2ccc(F)cc2)cc1.Cc1ccc(-c2c(S(=O)(=O)N(C)Cc3ccccc3)c(C(C)C)n(CC[C@@H]3C[C@@H](O)CC(=O)O3)c2-c2ccc(F)cc2)cc1.[Na+]. The smallest absolute Gasteiger partial charge is 0.550 e. The number of nitrogens with zero attached hydrogens (tertiary/aromatic N) is 4. The zero-order valence-electron chi connectivity index (χ0n) is 52.5. The summed E-state index contributed by atoms with van der Waals surface area (Å²) in [6.45, 7) is 12.4. The van der Waals surface area contributed by atoms with Gasteiger partial charge in [-0.05, 0) is 120 Å². The minimum atomic E-state index is -4.13. The Morgan fingerprint density at radius 1 is 0.611 bits per heavy atom. The predicted molar refractivity (Wildman–Crippen MR) is 339 cm³/mol. The van der Waals surface area contributed by atoms with Crippen LogP contribution < -0.4 is 34.7 Å². The molecule has 2 aromatic heterocycles. The number of halogens is 2. The molecule has 9 rings (SSSR count). The minimum Gasteiger partial charge on any atom is -0.550 e. The van der Waals surface area contributed by atoms with Crippen LogP contribution in [0.1, 0.15) is 112 Å². The van der Waals surface area contributed by atoms with E-state index in [2.05, 4.69) is 0 Å². The molecule has 6 aromatic carbocycles. The van der Waals surface area contributed by atoms with E-state index in [1.807, 2.05) is 160 Å². The summed E-state index contributed by atoms with van der Waals surface area (Å²) in [6.07, 6.45) is -3.71. The van der Waals surface area contributed by atoms with E-state index in [4.69, 9.17) is 4.74 Å². The van der Waals surface area contributed by atoms with Gasteiger partial charge in [0.1, 0.15) is 27.5 Å². The molecule has 8 aromatic rings. The van der Waals surface area contributed by atoms with Crippen LogP contribution in [0.4, 0.5) is 8.78 Å². The Morgan fingerprint density at radius 3 is 1.38 bits per heavy atom. The molecule has 0 unspecified atom stereocenters. The van der Waals surface area contributed by atoms with Gasteiger partial charge in [-0.25, -0.2) is 25.6 Å². The summed E-state index contributed by atoms with van der Waals surface area (Å²) in [5.41, 5.74) is 9.69. The predicted octanol–water partition coefficient (Wildman–Crippen LogP) is 8.53. The van der Waals surface area contributed by atoms with E-state index < -0.39 is 74.5 Å². The number of esters is 1. The van der Waals surface area contributed by atoms with Crippen molar-refractivity contribution in [3.63, 3.8) is 0 Å². The fourth-order valence-electron chi connectivity index (χ4n) is 11.6. The molecule has 472 valence electrons. The zero-order chi connectivity index (χ0) is 64.5. The van der Waals surface area contributed by atoms with E-state index in [-0.39, 0.29) is 90.1 Å². The first kappa shape index (κ1) is 70.8. The number of benzene rings is 6. The van der Waals surface area contributed by atoms with Crippen LogP contribution in [0.5, 0.6) is 0 Å². The molecule has 4 atom stereocenters. The molecule has 0 bridgehead atoms.